The lowest BCUT2D eigenvalue weighted by Gasteiger charge is -2.28. The molecule has 0 saturated heterocycles. The van der Waals surface area contributed by atoms with Crippen molar-refractivity contribution in [2.24, 2.45) is 0 Å². The zero-order valence-corrected chi connectivity index (χ0v) is 13.0. The molecular formula is C12H11BrN4O2S. The number of rotatable bonds is 3. The number of hydrogen-bond donors (Lipinski definition) is 1. The van der Waals surface area contributed by atoms with E-state index in [1.807, 2.05) is 18.2 Å². The summed E-state index contributed by atoms with van der Waals surface area (Å²) >= 11 is 4.84. The van der Waals surface area contributed by atoms with Crippen LogP contribution in [0.5, 0.6) is 5.75 Å². The van der Waals surface area contributed by atoms with Crippen molar-refractivity contribution < 1.29 is 9.53 Å². The Balaban J connectivity index is 1.92. The Labute approximate surface area is 127 Å². The Kier molecular flexibility index (Phi) is 3.58. The highest BCUT2D eigenvalue weighted by atomic mass is 79.9. The molecule has 1 aliphatic heterocycles. The molecule has 0 atom stereocenters. The molecule has 0 spiro atoms. The second kappa shape index (κ2) is 5.37. The summed E-state index contributed by atoms with van der Waals surface area (Å²) in [7, 11) is 1.79. The predicted molar refractivity (Wildman–Crippen MR) is 80.3 cm³/mol. The van der Waals surface area contributed by atoms with E-state index in [1.54, 1.807) is 11.9 Å². The highest BCUT2D eigenvalue weighted by Crippen LogP contribution is 2.35. The van der Waals surface area contributed by atoms with Crippen molar-refractivity contribution in [1.29, 1.82) is 0 Å². The average molecular weight is 355 g/mol. The number of ether oxygens (including phenoxy) is 1. The molecule has 0 fully saturated rings. The van der Waals surface area contributed by atoms with Gasteiger partial charge < -0.3 is 10.1 Å². The van der Waals surface area contributed by atoms with Crippen LogP contribution in [0.2, 0.25) is 0 Å². The van der Waals surface area contributed by atoms with Crippen LogP contribution in [-0.4, -0.2) is 29.8 Å². The summed E-state index contributed by atoms with van der Waals surface area (Å²) in [5.41, 5.74) is 0.747. The number of nitrogens with one attached hydrogen (secondary N) is 1. The smallest absolute Gasteiger partial charge is 0.265 e. The molecule has 1 aliphatic rings. The van der Waals surface area contributed by atoms with Crippen molar-refractivity contribution in [3.8, 4) is 5.75 Å². The summed E-state index contributed by atoms with van der Waals surface area (Å²) in [6.07, 6.45) is 0. The van der Waals surface area contributed by atoms with Gasteiger partial charge in [-0.3, -0.25) is 9.69 Å². The summed E-state index contributed by atoms with van der Waals surface area (Å²) in [4.78, 5) is 13.7. The SMILES string of the molecule is CNc1nnc(CN2C(=O)COc3ccc(Br)cc32)s1. The Hall–Kier alpha value is -1.67. The zero-order valence-electron chi connectivity index (χ0n) is 10.6. The van der Waals surface area contributed by atoms with Gasteiger partial charge in [0, 0.05) is 11.5 Å². The summed E-state index contributed by atoms with van der Waals surface area (Å²) in [6, 6.07) is 5.60. The summed E-state index contributed by atoms with van der Waals surface area (Å²) in [5.74, 6) is 0.614. The van der Waals surface area contributed by atoms with Crippen molar-refractivity contribution in [1.82, 2.24) is 10.2 Å². The number of halogens is 1. The Morgan fingerprint density at radius 2 is 2.35 bits per heavy atom. The number of fused-ring (bicyclic) bond motifs is 1. The Morgan fingerprint density at radius 3 is 3.10 bits per heavy atom. The van der Waals surface area contributed by atoms with E-state index in [9.17, 15) is 4.79 Å². The number of hydrogen-bond acceptors (Lipinski definition) is 6. The molecule has 104 valence electrons. The van der Waals surface area contributed by atoms with Gasteiger partial charge in [-0.05, 0) is 18.2 Å². The molecule has 1 aromatic carbocycles. The van der Waals surface area contributed by atoms with Gasteiger partial charge in [0.05, 0.1) is 12.2 Å². The molecule has 1 N–H and O–H groups in total. The molecule has 0 saturated carbocycles. The van der Waals surface area contributed by atoms with E-state index < -0.39 is 0 Å². The lowest BCUT2D eigenvalue weighted by Crippen LogP contribution is -2.38. The molecule has 0 aliphatic carbocycles. The van der Waals surface area contributed by atoms with Gasteiger partial charge in [-0.25, -0.2) is 0 Å². The van der Waals surface area contributed by atoms with Crippen LogP contribution in [0.15, 0.2) is 22.7 Å². The highest BCUT2D eigenvalue weighted by molar-refractivity contribution is 9.10. The van der Waals surface area contributed by atoms with Crippen molar-refractivity contribution in [3.05, 3.63) is 27.7 Å². The van der Waals surface area contributed by atoms with Crippen LogP contribution < -0.4 is 15.0 Å². The molecule has 2 aromatic rings. The van der Waals surface area contributed by atoms with Crippen molar-refractivity contribution in [3.63, 3.8) is 0 Å². The Bertz CT molecular complexity index is 661. The van der Waals surface area contributed by atoms with Gasteiger partial charge in [-0.1, -0.05) is 27.3 Å². The standard InChI is InChI=1S/C12H11BrN4O2S/c1-14-12-16-15-10(20-12)5-17-8-4-7(13)2-3-9(8)19-6-11(17)18/h2-4H,5-6H2,1H3,(H,14,16). The van der Waals surface area contributed by atoms with E-state index in [1.165, 1.54) is 11.3 Å². The van der Waals surface area contributed by atoms with E-state index in [2.05, 4.69) is 31.4 Å². The molecular weight excluding hydrogens is 344 g/mol. The maximum Gasteiger partial charge on any atom is 0.265 e. The van der Waals surface area contributed by atoms with Crippen LogP contribution >= 0.6 is 27.3 Å². The summed E-state index contributed by atoms with van der Waals surface area (Å²) in [6.45, 7) is 0.442. The van der Waals surface area contributed by atoms with Crippen LogP contribution in [-0.2, 0) is 11.3 Å². The first-order chi connectivity index (χ1) is 9.67. The van der Waals surface area contributed by atoms with E-state index in [4.69, 9.17) is 4.74 Å². The van der Waals surface area contributed by atoms with Crippen LogP contribution in [0, 0.1) is 0 Å². The fraction of sp³-hybridized carbons (Fsp3) is 0.250. The first-order valence-electron chi connectivity index (χ1n) is 5.90. The van der Waals surface area contributed by atoms with Crippen molar-refractivity contribution >= 4 is 44.0 Å². The number of carbonyl (C=O) groups is 1. The topological polar surface area (TPSA) is 67.4 Å². The quantitative estimate of drug-likeness (QED) is 0.915. The second-order valence-electron chi connectivity index (χ2n) is 4.13. The highest BCUT2D eigenvalue weighted by Gasteiger charge is 2.26. The normalized spacial score (nSPS) is 13.9. The van der Waals surface area contributed by atoms with Crippen molar-refractivity contribution in [2.75, 3.05) is 23.9 Å². The molecule has 3 rings (SSSR count). The van der Waals surface area contributed by atoms with Crippen LogP contribution in [0.25, 0.3) is 0 Å². The molecule has 8 heteroatoms. The van der Waals surface area contributed by atoms with Gasteiger partial charge in [0.25, 0.3) is 5.91 Å². The van der Waals surface area contributed by atoms with E-state index in [-0.39, 0.29) is 12.5 Å². The van der Waals surface area contributed by atoms with Gasteiger partial charge in [0.2, 0.25) is 5.13 Å². The van der Waals surface area contributed by atoms with Gasteiger partial charge >= 0.3 is 0 Å². The molecule has 1 aromatic heterocycles. The lowest BCUT2D eigenvalue weighted by atomic mass is 10.2. The maximum atomic E-state index is 12.1. The fourth-order valence-electron chi connectivity index (χ4n) is 1.90. The number of anilines is 2. The minimum absolute atomic E-state index is 0.0479. The molecule has 0 bridgehead atoms. The molecule has 6 nitrogen and oxygen atoms in total. The molecule has 0 unspecified atom stereocenters. The largest absolute Gasteiger partial charge is 0.482 e. The number of nitrogens with zero attached hydrogens (tertiary/aromatic N) is 3. The van der Waals surface area contributed by atoms with E-state index >= 15 is 0 Å². The third kappa shape index (κ3) is 2.48. The summed E-state index contributed by atoms with van der Waals surface area (Å²) in [5, 5.41) is 12.5. The first kappa shape index (κ1) is 13.3. The third-order valence-electron chi connectivity index (χ3n) is 2.84. The molecule has 0 radical (unpaired) electrons. The number of carbonyl (C=O) groups excluding carboxylic acids is 1. The monoisotopic (exact) mass is 354 g/mol. The molecule has 2 heterocycles. The maximum absolute atomic E-state index is 12.1. The van der Waals surface area contributed by atoms with Gasteiger partial charge in [0.1, 0.15) is 10.8 Å². The van der Waals surface area contributed by atoms with Crippen LogP contribution in [0.4, 0.5) is 10.8 Å². The van der Waals surface area contributed by atoms with Gasteiger partial charge in [-0.2, -0.15) is 0 Å². The van der Waals surface area contributed by atoms with Gasteiger partial charge in [-0.15, -0.1) is 10.2 Å². The number of benzene rings is 1. The molecule has 20 heavy (non-hydrogen) atoms. The third-order valence-corrected chi connectivity index (χ3v) is 4.26. The fourth-order valence-corrected chi connectivity index (χ4v) is 2.93. The first-order valence-corrected chi connectivity index (χ1v) is 7.51. The zero-order chi connectivity index (χ0) is 14.1. The predicted octanol–water partition coefficient (Wildman–Crippen LogP) is 2.27. The van der Waals surface area contributed by atoms with E-state index in [0.717, 1.165) is 20.3 Å². The Morgan fingerprint density at radius 1 is 1.50 bits per heavy atom. The number of amides is 1. The minimum Gasteiger partial charge on any atom is -0.482 e. The lowest BCUT2D eigenvalue weighted by molar-refractivity contribution is -0.121. The van der Waals surface area contributed by atoms with E-state index in [0.29, 0.717) is 12.3 Å². The summed E-state index contributed by atoms with van der Waals surface area (Å²) < 4.78 is 6.32. The van der Waals surface area contributed by atoms with Crippen LogP contribution in [0.3, 0.4) is 0 Å². The van der Waals surface area contributed by atoms with Gasteiger partial charge in [0.15, 0.2) is 6.61 Å². The van der Waals surface area contributed by atoms with Crippen LogP contribution in [0.1, 0.15) is 5.01 Å². The van der Waals surface area contributed by atoms with Crippen molar-refractivity contribution in [2.45, 2.75) is 6.54 Å². The minimum atomic E-state index is -0.0863. The molecule has 1 amide bonds. The second-order valence-corrected chi connectivity index (χ2v) is 6.11. The number of aromatic nitrogens is 2. The average Bonchev–Trinajstić information content (AvgIpc) is 2.90.